The molecule has 1 spiro atoms. The van der Waals surface area contributed by atoms with Gasteiger partial charge in [0.05, 0.1) is 33.8 Å². The molecule has 3 aliphatic rings. The number of fused-ring (bicyclic) bond motifs is 1. The van der Waals surface area contributed by atoms with Crippen LogP contribution >= 0.6 is 11.3 Å². The minimum atomic E-state index is -1.00. The lowest BCUT2D eigenvalue weighted by molar-refractivity contribution is 0.00446. The molecule has 0 bridgehead atoms. The van der Waals surface area contributed by atoms with Crippen molar-refractivity contribution in [3.8, 4) is 10.6 Å². The lowest BCUT2D eigenvalue weighted by Gasteiger charge is -2.23. The summed E-state index contributed by atoms with van der Waals surface area (Å²) < 4.78 is 1.04. The number of nitrogens with zero attached hydrogens (tertiary/aromatic N) is 4. The van der Waals surface area contributed by atoms with Crippen LogP contribution in [0, 0.1) is 31.1 Å². The Hall–Kier alpha value is -2.40. The molecule has 3 heterocycles. The van der Waals surface area contributed by atoms with Gasteiger partial charge in [0.2, 0.25) is 5.95 Å². The van der Waals surface area contributed by atoms with Crippen LogP contribution in [0.3, 0.4) is 0 Å². The van der Waals surface area contributed by atoms with Crippen LogP contribution < -0.4 is 10.6 Å². The van der Waals surface area contributed by atoms with Crippen molar-refractivity contribution in [2.45, 2.75) is 77.0 Å². The molecule has 5 N–H and O–H groups in total. The third-order valence-corrected chi connectivity index (χ3v) is 9.91. The summed E-state index contributed by atoms with van der Waals surface area (Å²) in [7, 11) is 0. The van der Waals surface area contributed by atoms with Gasteiger partial charge >= 0.3 is 0 Å². The van der Waals surface area contributed by atoms with E-state index in [0.29, 0.717) is 29.5 Å². The zero-order valence-electron chi connectivity index (χ0n) is 21.4. The van der Waals surface area contributed by atoms with Crippen LogP contribution in [-0.4, -0.2) is 66.7 Å². The lowest BCUT2D eigenvalue weighted by Crippen LogP contribution is -2.35. The van der Waals surface area contributed by atoms with Crippen molar-refractivity contribution in [1.29, 1.82) is 0 Å². The molecule has 3 aromatic heterocycles. The number of anilines is 2. The largest absolute Gasteiger partial charge is 0.396 e. The molecule has 3 aliphatic carbocycles. The van der Waals surface area contributed by atoms with Crippen LogP contribution in [0.25, 0.3) is 20.8 Å². The fourth-order valence-electron chi connectivity index (χ4n) is 6.53. The van der Waals surface area contributed by atoms with Crippen molar-refractivity contribution in [2.75, 3.05) is 23.8 Å². The van der Waals surface area contributed by atoms with Gasteiger partial charge < -0.3 is 26.0 Å². The number of aryl methyl sites for hydroxylation is 2. The summed E-state index contributed by atoms with van der Waals surface area (Å²) in [5, 5.41) is 38.4. The Morgan fingerprint density at radius 3 is 2.59 bits per heavy atom. The fourth-order valence-corrected chi connectivity index (χ4v) is 7.64. The van der Waals surface area contributed by atoms with E-state index in [1.807, 2.05) is 19.9 Å². The number of rotatable bonds is 7. The van der Waals surface area contributed by atoms with E-state index < -0.39 is 18.2 Å². The van der Waals surface area contributed by atoms with E-state index in [4.69, 9.17) is 15.0 Å². The number of aliphatic hydroxyl groups is 3. The Kier molecular flexibility index (Phi) is 6.55. The molecular weight excluding hydrogens is 488 g/mol. The quantitative estimate of drug-likeness (QED) is 0.314. The smallest absolute Gasteiger partial charge is 0.224 e. The molecule has 1 unspecified atom stereocenters. The monoisotopic (exact) mass is 524 g/mol. The average molecular weight is 525 g/mol. The minimum absolute atomic E-state index is 0.174. The zero-order chi connectivity index (χ0) is 25.7. The van der Waals surface area contributed by atoms with Gasteiger partial charge in [0.15, 0.2) is 0 Å². The second-order valence-electron chi connectivity index (χ2n) is 11.2. The second kappa shape index (κ2) is 9.72. The van der Waals surface area contributed by atoms with Crippen LogP contribution in [0.15, 0.2) is 12.3 Å². The number of thiazole rings is 1. The maximum atomic E-state index is 10.7. The predicted molar refractivity (Wildman–Crippen MR) is 145 cm³/mol. The van der Waals surface area contributed by atoms with Crippen LogP contribution in [0.1, 0.15) is 56.3 Å². The van der Waals surface area contributed by atoms with Gasteiger partial charge in [-0.05, 0) is 56.9 Å². The number of nitrogens with one attached hydrogen (secondary N) is 2. The van der Waals surface area contributed by atoms with Gasteiger partial charge in [-0.25, -0.2) is 9.97 Å². The van der Waals surface area contributed by atoms with Crippen LogP contribution in [-0.2, 0) is 0 Å². The van der Waals surface area contributed by atoms with E-state index in [2.05, 4.69) is 15.6 Å². The first-order valence-corrected chi connectivity index (χ1v) is 14.3. The number of aromatic nitrogens is 4. The molecular formula is C27H36N6O3S. The first kappa shape index (κ1) is 24.9. The number of hydrogen-bond donors (Lipinski definition) is 5. The predicted octanol–water partition coefficient (Wildman–Crippen LogP) is 3.66. The van der Waals surface area contributed by atoms with E-state index in [9.17, 15) is 15.3 Å². The van der Waals surface area contributed by atoms with Gasteiger partial charge in [0.25, 0.3) is 0 Å². The molecule has 0 radical (unpaired) electrons. The third-order valence-electron chi connectivity index (χ3n) is 8.87. The maximum Gasteiger partial charge on any atom is 0.224 e. The molecule has 3 fully saturated rings. The van der Waals surface area contributed by atoms with Gasteiger partial charge in [-0.2, -0.15) is 4.98 Å². The van der Waals surface area contributed by atoms with E-state index in [1.54, 1.807) is 17.5 Å². The molecule has 198 valence electrons. The van der Waals surface area contributed by atoms with Crippen molar-refractivity contribution in [3.05, 3.63) is 23.7 Å². The molecule has 6 rings (SSSR count). The summed E-state index contributed by atoms with van der Waals surface area (Å²) >= 11 is 1.56. The summed E-state index contributed by atoms with van der Waals surface area (Å²) in [5.74, 6) is 1.43. The molecule has 3 aromatic rings. The highest BCUT2D eigenvalue weighted by atomic mass is 32.1. The van der Waals surface area contributed by atoms with E-state index in [-0.39, 0.29) is 12.5 Å². The average Bonchev–Trinajstić information content (AvgIpc) is 3.22. The number of pyridine rings is 1. The fraction of sp³-hybridized carbons (Fsp3) is 0.630. The maximum absolute atomic E-state index is 10.7. The first-order valence-electron chi connectivity index (χ1n) is 13.5. The first-order chi connectivity index (χ1) is 17.9. The molecule has 9 nitrogen and oxygen atoms in total. The van der Waals surface area contributed by atoms with Gasteiger partial charge in [0.1, 0.15) is 22.4 Å². The Morgan fingerprint density at radius 1 is 1.05 bits per heavy atom. The lowest BCUT2D eigenvalue weighted by atomic mass is 9.84. The molecule has 0 aromatic carbocycles. The number of aliphatic hydroxyl groups excluding tert-OH is 3. The van der Waals surface area contributed by atoms with Crippen LogP contribution in [0.4, 0.5) is 11.8 Å². The summed E-state index contributed by atoms with van der Waals surface area (Å²) in [4.78, 5) is 18.9. The van der Waals surface area contributed by atoms with Crippen molar-refractivity contribution in [1.82, 2.24) is 19.9 Å². The van der Waals surface area contributed by atoms with Gasteiger partial charge in [-0.15, -0.1) is 11.3 Å². The highest BCUT2D eigenvalue weighted by Gasteiger charge is 2.53. The van der Waals surface area contributed by atoms with Gasteiger partial charge in [0, 0.05) is 25.3 Å². The highest BCUT2D eigenvalue weighted by molar-refractivity contribution is 7.21. The molecule has 0 amide bonds. The number of hydrogen-bond acceptors (Lipinski definition) is 10. The normalized spacial score (nSPS) is 28.6. The highest BCUT2D eigenvalue weighted by Crippen LogP contribution is 2.61. The van der Waals surface area contributed by atoms with E-state index in [1.165, 1.54) is 38.5 Å². The van der Waals surface area contributed by atoms with Crippen LogP contribution in [0.5, 0.6) is 0 Å². The molecule has 3 saturated carbocycles. The van der Waals surface area contributed by atoms with Crippen molar-refractivity contribution >= 4 is 33.3 Å². The van der Waals surface area contributed by atoms with Crippen molar-refractivity contribution in [3.63, 3.8) is 0 Å². The molecule has 5 atom stereocenters. The third kappa shape index (κ3) is 4.58. The zero-order valence-corrected chi connectivity index (χ0v) is 22.3. The molecule has 0 aliphatic heterocycles. The summed E-state index contributed by atoms with van der Waals surface area (Å²) in [6.45, 7) is 4.60. The molecule has 37 heavy (non-hydrogen) atoms. The topological polar surface area (TPSA) is 136 Å². The van der Waals surface area contributed by atoms with Crippen molar-refractivity contribution < 1.29 is 15.3 Å². The van der Waals surface area contributed by atoms with E-state index in [0.717, 1.165) is 38.7 Å². The SMILES string of the molecule is Cc1nc(NCC2CC23CCCCC3)nc(N[C@@H]2C[C@H](CO)[C@@H](O)[C@H]2O)c1-c1nc2c(C)nccc2s1. The standard InChI is InChI=1S/C27H36N6O3S/c1-14-20(25-32-21-15(2)28-9-6-19(21)37-25)24(31-18-10-16(13-34)22(35)23(18)36)33-26(30-14)29-12-17-11-27(17)7-4-3-5-8-27/h6,9,16-18,22-23,34-36H,3-5,7-8,10-13H2,1-2H3,(H2,29,30,31,33)/t16-,17?,18-,22-,23+/m1/s1. The summed E-state index contributed by atoms with van der Waals surface area (Å²) in [6.07, 6.45) is 8.26. The Balaban J connectivity index is 1.31. The Morgan fingerprint density at radius 2 is 1.86 bits per heavy atom. The Bertz CT molecular complexity index is 1290. The Labute approximate surface area is 220 Å². The minimum Gasteiger partial charge on any atom is -0.396 e. The van der Waals surface area contributed by atoms with E-state index >= 15 is 0 Å². The van der Waals surface area contributed by atoms with Gasteiger partial charge in [-0.1, -0.05) is 19.3 Å². The van der Waals surface area contributed by atoms with Gasteiger partial charge in [-0.3, -0.25) is 4.98 Å². The van der Waals surface area contributed by atoms with Crippen molar-refractivity contribution in [2.24, 2.45) is 17.3 Å². The van der Waals surface area contributed by atoms with Crippen LogP contribution in [0.2, 0.25) is 0 Å². The molecule has 10 heteroatoms. The summed E-state index contributed by atoms with van der Waals surface area (Å²) in [6, 6.07) is 1.52. The molecule has 0 saturated heterocycles. The summed E-state index contributed by atoms with van der Waals surface area (Å²) in [5.41, 5.74) is 3.83. The second-order valence-corrected chi connectivity index (χ2v) is 12.3.